The van der Waals surface area contributed by atoms with Gasteiger partial charge in [-0.1, -0.05) is 34.7 Å². The fourth-order valence-corrected chi connectivity index (χ4v) is 4.19. The highest BCUT2D eigenvalue weighted by Crippen LogP contribution is 2.35. The molecule has 2 heterocycles. The largest absolute Gasteiger partial charge is 0.573 e. The zero-order valence-electron chi connectivity index (χ0n) is 15.8. The minimum atomic E-state index is -4.75. The second-order valence-electron chi connectivity index (χ2n) is 6.88. The van der Waals surface area contributed by atoms with Crippen molar-refractivity contribution < 1.29 is 17.9 Å². The predicted molar refractivity (Wildman–Crippen MR) is 109 cm³/mol. The number of benzene rings is 1. The Morgan fingerprint density at radius 3 is 2.43 bits per heavy atom. The van der Waals surface area contributed by atoms with E-state index in [2.05, 4.69) is 25.3 Å². The van der Waals surface area contributed by atoms with E-state index >= 15 is 0 Å². The van der Waals surface area contributed by atoms with Crippen LogP contribution in [0.15, 0.2) is 44.5 Å². The van der Waals surface area contributed by atoms with Crippen molar-refractivity contribution in [1.82, 2.24) is 20.0 Å². The molecule has 0 atom stereocenters. The summed E-state index contributed by atoms with van der Waals surface area (Å²) in [7, 11) is 0. The van der Waals surface area contributed by atoms with Crippen LogP contribution in [-0.2, 0) is 5.54 Å². The van der Waals surface area contributed by atoms with E-state index in [1.807, 2.05) is 20.8 Å². The molecule has 30 heavy (non-hydrogen) atoms. The Hall–Kier alpha value is -2.31. The van der Waals surface area contributed by atoms with Gasteiger partial charge in [0.1, 0.15) is 10.8 Å². The predicted octanol–water partition coefficient (Wildman–Crippen LogP) is 5.30. The van der Waals surface area contributed by atoms with E-state index in [0.29, 0.717) is 20.1 Å². The molecular formula is C17H15ClF3N5O2S2. The number of alkyl halides is 3. The summed E-state index contributed by atoms with van der Waals surface area (Å²) in [6.07, 6.45) is -3.25. The second-order valence-corrected chi connectivity index (χ2v) is 9.53. The quantitative estimate of drug-likeness (QED) is 0.534. The minimum absolute atomic E-state index is 0.0369. The van der Waals surface area contributed by atoms with Gasteiger partial charge < -0.3 is 10.1 Å². The van der Waals surface area contributed by atoms with Crippen LogP contribution < -0.4 is 15.6 Å². The molecule has 0 spiro atoms. The van der Waals surface area contributed by atoms with E-state index in [0.717, 1.165) is 11.8 Å². The molecule has 3 aromatic rings. The topological polar surface area (TPSA) is 81.9 Å². The Morgan fingerprint density at radius 2 is 1.83 bits per heavy atom. The van der Waals surface area contributed by atoms with Gasteiger partial charge in [0.05, 0.1) is 16.6 Å². The summed E-state index contributed by atoms with van der Waals surface area (Å²) in [6, 6.07) is 5.20. The van der Waals surface area contributed by atoms with Gasteiger partial charge >= 0.3 is 6.36 Å². The first kappa shape index (κ1) is 22.4. The molecule has 0 aliphatic carbocycles. The lowest BCUT2D eigenvalue weighted by Gasteiger charge is -2.20. The van der Waals surface area contributed by atoms with Crippen molar-refractivity contribution in [3.63, 3.8) is 0 Å². The van der Waals surface area contributed by atoms with Crippen molar-refractivity contribution in [1.29, 1.82) is 0 Å². The molecular weight excluding hydrogens is 463 g/mol. The third-order valence-electron chi connectivity index (χ3n) is 3.47. The normalized spacial score (nSPS) is 12.1. The van der Waals surface area contributed by atoms with E-state index in [9.17, 15) is 18.0 Å². The molecule has 0 radical (unpaired) electrons. The fourth-order valence-electron chi connectivity index (χ4n) is 2.23. The Morgan fingerprint density at radius 1 is 1.17 bits per heavy atom. The standard InChI is InChI=1S/C17H15ClF3N5O2S2/c1-16(2,3)26-13(27)12(18)11(8-22-26)29-15-25-24-14(30-15)23-9-4-6-10(7-5-9)28-17(19,20)21/h4-8H,1-3H3,(H,23,24). The molecule has 1 N–H and O–H groups in total. The molecule has 160 valence electrons. The molecule has 0 fully saturated rings. The number of nitrogens with one attached hydrogen (secondary N) is 1. The highest BCUT2D eigenvalue weighted by molar-refractivity contribution is 8.01. The van der Waals surface area contributed by atoms with Gasteiger partial charge in [-0.2, -0.15) is 5.10 Å². The third kappa shape index (κ3) is 5.64. The Balaban J connectivity index is 1.70. The van der Waals surface area contributed by atoms with Gasteiger partial charge in [-0.3, -0.25) is 4.79 Å². The van der Waals surface area contributed by atoms with E-state index in [1.165, 1.54) is 46.5 Å². The zero-order valence-corrected chi connectivity index (χ0v) is 18.2. The van der Waals surface area contributed by atoms with Crippen LogP contribution in [0.4, 0.5) is 24.0 Å². The van der Waals surface area contributed by atoms with Crippen molar-refractivity contribution in [2.24, 2.45) is 0 Å². The highest BCUT2D eigenvalue weighted by Gasteiger charge is 2.31. The van der Waals surface area contributed by atoms with Crippen LogP contribution in [-0.4, -0.2) is 26.3 Å². The number of ether oxygens (including phenoxy) is 1. The second kappa shape index (κ2) is 8.44. The Labute approximate surface area is 182 Å². The van der Waals surface area contributed by atoms with E-state index < -0.39 is 17.5 Å². The molecule has 3 rings (SSSR count). The van der Waals surface area contributed by atoms with Crippen LogP contribution in [0.3, 0.4) is 0 Å². The van der Waals surface area contributed by atoms with E-state index in [4.69, 9.17) is 11.6 Å². The number of halogens is 4. The van der Waals surface area contributed by atoms with Crippen LogP contribution in [0.25, 0.3) is 0 Å². The van der Waals surface area contributed by atoms with Gasteiger partial charge in [-0.05, 0) is 45.0 Å². The summed E-state index contributed by atoms with van der Waals surface area (Å²) < 4.78 is 42.3. The molecule has 13 heteroatoms. The molecule has 7 nitrogen and oxygen atoms in total. The first-order valence-corrected chi connectivity index (χ1v) is 10.4. The SMILES string of the molecule is CC(C)(C)n1ncc(Sc2nnc(Nc3ccc(OC(F)(F)F)cc3)s2)c(Cl)c1=O. The Bertz CT molecular complexity index is 1090. The summed E-state index contributed by atoms with van der Waals surface area (Å²) in [5.74, 6) is -0.325. The number of hydrogen-bond donors (Lipinski definition) is 1. The maximum atomic E-state index is 12.4. The van der Waals surface area contributed by atoms with Gasteiger partial charge in [0.2, 0.25) is 5.13 Å². The number of rotatable bonds is 5. The maximum Gasteiger partial charge on any atom is 0.573 e. The van der Waals surface area contributed by atoms with Crippen LogP contribution in [0.2, 0.25) is 5.02 Å². The lowest BCUT2D eigenvalue weighted by Crippen LogP contribution is -2.36. The van der Waals surface area contributed by atoms with Crippen molar-refractivity contribution in [3.8, 4) is 5.75 Å². The van der Waals surface area contributed by atoms with Crippen LogP contribution in [0, 0.1) is 0 Å². The molecule has 0 aliphatic rings. The maximum absolute atomic E-state index is 12.4. The molecule has 0 saturated carbocycles. The average molecular weight is 478 g/mol. The van der Waals surface area contributed by atoms with Gasteiger partial charge in [-0.25, -0.2) is 4.68 Å². The number of aromatic nitrogens is 4. The van der Waals surface area contributed by atoms with Crippen molar-refractivity contribution >= 4 is 45.5 Å². The number of anilines is 2. The van der Waals surface area contributed by atoms with Gasteiger partial charge in [-0.15, -0.1) is 23.4 Å². The summed E-state index contributed by atoms with van der Waals surface area (Å²) >= 11 is 8.53. The average Bonchev–Trinajstić information content (AvgIpc) is 3.05. The molecule has 0 saturated heterocycles. The van der Waals surface area contributed by atoms with Crippen LogP contribution in [0.1, 0.15) is 20.8 Å². The van der Waals surface area contributed by atoms with Crippen molar-refractivity contribution in [2.45, 2.75) is 41.9 Å². The molecule has 2 aromatic heterocycles. The monoisotopic (exact) mass is 477 g/mol. The van der Waals surface area contributed by atoms with Gasteiger partial charge in [0, 0.05) is 5.69 Å². The summed E-state index contributed by atoms with van der Waals surface area (Å²) in [6.45, 7) is 5.53. The van der Waals surface area contributed by atoms with E-state index in [1.54, 1.807) is 0 Å². The summed E-state index contributed by atoms with van der Waals surface area (Å²) in [5.41, 5.74) is -0.410. The molecule has 0 unspecified atom stereocenters. The zero-order chi connectivity index (χ0) is 22.1. The summed E-state index contributed by atoms with van der Waals surface area (Å²) in [4.78, 5) is 12.9. The lowest BCUT2D eigenvalue weighted by molar-refractivity contribution is -0.274. The summed E-state index contributed by atoms with van der Waals surface area (Å²) in [5, 5.41) is 15.5. The smallest absolute Gasteiger partial charge is 0.406 e. The lowest BCUT2D eigenvalue weighted by atomic mass is 10.1. The molecule has 0 aliphatic heterocycles. The van der Waals surface area contributed by atoms with E-state index in [-0.39, 0.29) is 10.8 Å². The van der Waals surface area contributed by atoms with Crippen molar-refractivity contribution in [2.75, 3.05) is 5.32 Å². The first-order valence-electron chi connectivity index (χ1n) is 8.35. The Kier molecular flexibility index (Phi) is 6.29. The first-order chi connectivity index (χ1) is 13.9. The van der Waals surface area contributed by atoms with Crippen LogP contribution >= 0.6 is 34.7 Å². The molecule has 0 bridgehead atoms. The van der Waals surface area contributed by atoms with Gasteiger partial charge in [0.25, 0.3) is 5.56 Å². The fraction of sp³-hybridized carbons (Fsp3) is 0.294. The highest BCUT2D eigenvalue weighted by atomic mass is 35.5. The minimum Gasteiger partial charge on any atom is -0.406 e. The van der Waals surface area contributed by atoms with Crippen LogP contribution in [0.5, 0.6) is 5.75 Å². The molecule has 1 aromatic carbocycles. The molecule has 0 amide bonds. The third-order valence-corrected chi connectivity index (χ3v) is 5.86. The number of nitrogens with zero attached hydrogens (tertiary/aromatic N) is 4. The number of hydrogen-bond acceptors (Lipinski definition) is 8. The van der Waals surface area contributed by atoms with Crippen molar-refractivity contribution in [3.05, 3.63) is 45.8 Å². The van der Waals surface area contributed by atoms with Gasteiger partial charge in [0.15, 0.2) is 4.34 Å².